The van der Waals surface area contributed by atoms with Crippen molar-refractivity contribution >= 4 is 0 Å². The molecule has 0 N–H and O–H groups in total. The SMILES string of the molecule is C1=CC2C(CC1c1cc(-c3ccccc3)ccc1-c1ccccc1)C1CC3C(c4ccccc4)C4C5CCCC6C7CCCCC7CC(C65)C4C(c4ccccc4)C3C3CCCC2C13. The van der Waals surface area contributed by atoms with Crippen molar-refractivity contribution < 1.29 is 0 Å². The van der Waals surface area contributed by atoms with Crippen molar-refractivity contribution in [2.45, 2.75) is 101 Å². The summed E-state index contributed by atoms with van der Waals surface area (Å²) >= 11 is 0. The van der Waals surface area contributed by atoms with Gasteiger partial charge in [-0.25, -0.2) is 0 Å². The van der Waals surface area contributed by atoms with Crippen molar-refractivity contribution in [1.29, 1.82) is 0 Å². The van der Waals surface area contributed by atoms with Gasteiger partial charge in [0, 0.05) is 5.92 Å². The first kappa shape index (κ1) is 39.0. The Bertz CT molecular complexity index is 2470. The zero-order valence-electron chi connectivity index (χ0n) is 38.1. The Hall–Kier alpha value is -4.16. The minimum atomic E-state index is 0.454. The molecule has 0 amide bonds. The molecule has 8 fully saturated rings. The van der Waals surface area contributed by atoms with Crippen LogP contribution in [0.1, 0.15) is 118 Å². The summed E-state index contributed by atoms with van der Waals surface area (Å²) in [5, 5.41) is 0. The smallest absolute Gasteiger partial charge is 0.00273 e. The standard InChI is InChI=1S/C64H70/c1-5-17-39(18-6-1)43-31-33-47(40-19-7-2-8-20-40)53(35-43)45-32-34-48-50-28-16-29-51-60(50)55(54(48)36-45)38-57-58(41-21-9-3-10-22-41)63-52-30-15-27-49-46-26-14-13-25-44(46)37-56(61(49)52)64(63)59(62(51)57)42-23-11-4-12-24-42/h1-12,17-24,31-35,44-46,48-52,54-64H,13-16,25-30,36-38H2. The highest BCUT2D eigenvalue weighted by Crippen LogP contribution is 2.77. The lowest BCUT2D eigenvalue weighted by atomic mass is 9.43. The lowest BCUT2D eigenvalue weighted by Crippen LogP contribution is -2.54. The third-order valence-corrected chi connectivity index (χ3v) is 21.5. The minimum absolute atomic E-state index is 0.454. The molecule has 0 bridgehead atoms. The van der Waals surface area contributed by atoms with E-state index in [1.165, 1.54) is 86.5 Å². The van der Waals surface area contributed by atoms with Gasteiger partial charge in [0.15, 0.2) is 0 Å². The van der Waals surface area contributed by atoms with E-state index in [9.17, 15) is 0 Å². The van der Waals surface area contributed by atoms with Gasteiger partial charge in [0.05, 0.1) is 0 Å². The first-order valence-corrected chi connectivity index (χ1v) is 26.8. The van der Waals surface area contributed by atoms with E-state index in [1.807, 2.05) is 0 Å². The second-order valence-electron chi connectivity index (χ2n) is 23.5. The molecule has 0 aromatic heterocycles. The van der Waals surface area contributed by atoms with Crippen LogP contribution in [0.3, 0.4) is 0 Å². The molecule has 0 aliphatic heterocycles. The fourth-order valence-electron chi connectivity index (χ4n) is 20.1. The number of fused-ring (bicyclic) bond motifs is 10. The molecule has 0 heterocycles. The molecular formula is C64H70. The molecule has 19 unspecified atom stereocenters. The average Bonchev–Trinajstić information content (AvgIpc) is 3.87. The summed E-state index contributed by atoms with van der Waals surface area (Å²) in [6.45, 7) is 0. The van der Waals surface area contributed by atoms with Gasteiger partial charge in [-0.2, -0.15) is 0 Å². The van der Waals surface area contributed by atoms with Crippen molar-refractivity contribution in [3.63, 3.8) is 0 Å². The molecule has 0 heteroatoms. The van der Waals surface area contributed by atoms with Gasteiger partial charge in [-0.1, -0.05) is 178 Å². The van der Waals surface area contributed by atoms with Crippen LogP contribution in [0, 0.1) is 94.7 Å². The summed E-state index contributed by atoms with van der Waals surface area (Å²) in [7, 11) is 0. The van der Waals surface area contributed by atoms with Gasteiger partial charge in [0.2, 0.25) is 0 Å². The second kappa shape index (κ2) is 15.7. The summed E-state index contributed by atoms with van der Waals surface area (Å²) in [6, 6.07) is 54.9. The van der Waals surface area contributed by atoms with Crippen LogP contribution < -0.4 is 0 Å². The molecule has 0 spiro atoms. The molecule has 5 aromatic rings. The molecule has 9 aliphatic carbocycles. The zero-order chi connectivity index (χ0) is 41.9. The topological polar surface area (TPSA) is 0 Å². The lowest BCUT2D eigenvalue weighted by Gasteiger charge is -2.61. The van der Waals surface area contributed by atoms with Gasteiger partial charge >= 0.3 is 0 Å². The summed E-state index contributed by atoms with van der Waals surface area (Å²) in [5.74, 6) is 16.1. The molecule has 0 nitrogen and oxygen atoms in total. The predicted octanol–water partition coefficient (Wildman–Crippen LogP) is 16.3. The molecule has 9 aliphatic rings. The Kier molecular flexibility index (Phi) is 9.60. The van der Waals surface area contributed by atoms with E-state index < -0.39 is 0 Å². The Labute approximate surface area is 384 Å². The van der Waals surface area contributed by atoms with Crippen LogP contribution >= 0.6 is 0 Å². The monoisotopic (exact) mass is 839 g/mol. The summed E-state index contributed by atoms with van der Waals surface area (Å²) < 4.78 is 0. The molecule has 14 rings (SSSR count). The Balaban J connectivity index is 0.893. The first-order chi connectivity index (χ1) is 31.8. The molecule has 8 saturated carbocycles. The van der Waals surface area contributed by atoms with Crippen molar-refractivity contribution in [3.8, 4) is 22.3 Å². The van der Waals surface area contributed by atoms with E-state index in [2.05, 4.69) is 152 Å². The van der Waals surface area contributed by atoms with E-state index >= 15 is 0 Å². The zero-order valence-corrected chi connectivity index (χ0v) is 38.1. The fourth-order valence-corrected chi connectivity index (χ4v) is 20.1. The van der Waals surface area contributed by atoms with Gasteiger partial charge < -0.3 is 0 Å². The first-order valence-electron chi connectivity index (χ1n) is 26.8. The van der Waals surface area contributed by atoms with Crippen LogP contribution in [0.15, 0.2) is 152 Å². The number of rotatable bonds is 5. The van der Waals surface area contributed by atoms with Gasteiger partial charge in [0.25, 0.3) is 0 Å². The Morgan fingerprint density at radius 2 is 0.922 bits per heavy atom. The van der Waals surface area contributed by atoms with E-state index in [0.717, 1.165) is 107 Å². The normalized spacial score (nSPS) is 42.3. The van der Waals surface area contributed by atoms with Crippen LogP contribution in [-0.2, 0) is 0 Å². The molecule has 5 aromatic carbocycles. The van der Waals surface area contributed by atoms with Crippen LogP contribution in [0.4, 0.5) is 0 Å². The third-order valence-electron chi connectivity index (χ3n) is 21.5. The van der Waals surface area contributed by atoms with E-state index in [-0.39, 0.29) is 0 Å². The highest BCUT2D eigenvalue weighted by atomic mass is 14.7. The van der Waals surface area contributed by atoms with Crippen molar-refractivity contribution in [1.82, 2.24) is 0 Å². The highest BCUT2D eigenvalue weighted by Gasteiger charge is 2.70. The van der Waals surface area contributed by atoms with Gasteiger partial charge in [0.1, 0.15) is 0 Å². The van der Waals surface area contributed by atoms with Crippen LogP contribution in [0.5, 0.6) is 0 Å². The maximum absolute atomic E-state index is 2.84. The van der Waals surface area contributed by atoms with E-state index in [4.69, 9.17) is 0 Å². The second-order valence-corrected chi connectivity index (χ2v) is 23.5. The van der Waals surface area contributed by atoms with Crippen molar-refractivity contribution in [2.75, 3.05) is 0 Å². The maximum Gasteiger partial charge on any atom is 0.00273 e. The molecule has 0 radical (unpaired) electrons. The molecule has 64 heavy (non-hydrogen) atoms. The number of hydrogen-bond acceptors (Lipinski definition) is 0. The minimum Gasteiger partial charge on any atom is -0.0842 e. The summed E-state index contributed by atoms with van der Waals surface area (Å²) in [4.78, 5) is 0. The Morgan fingerprint density at radius 1 is 0.328 bits per heavy atom. The van der Waals surface area contributed by atoms with E-state index in [0.29, 0.717) is 5.92 Å². The molecule has 19 atom stereocenters. The van der Waals surface area contributed by atoms with Gasteiger partial charge in [-0.15, -0.1) is 0 Å². The fraction of sp³-hybridized carbons (Fsp3) is 0.500. The molecule has 0 saturated heterocycles. The Morgan fingerprint density at radius 3 is 1.67 bits per heavy atom. The third kappa shape index (κ3) is 5.98. The van der Waals surface area contributed by atoms with E-state index in [1.54, 1.807) is 36.0 Å². The molecule has 326 valence electrons. The van der Waals surface area contributed by atoms with Crippen LogP contribution in [0.2, 0.25) is 0 Å². The maximum atomic E-state index is 2.84. The quantitative estimate of drug-likeness (QED) is 0.155. The number of allylic oxidation sites excluding steroid dienone is 2. The lowest BCUT2D eigenvalue weighted by molar-refractivity contribution is -0.0871. The highest BCUT2D eigenvalue weighted by molar-refractivity contribution is 5.75. The number of hydrogen-bond donors (Lipinski definition) is 0. The van der Waals surface area contributed by atoms with Crippen molar-refractivity contribution in [2.24, 2.45) is 94.7 Å². The number of benzene rings is 5. The summed E-state index contributed by atoms with van der Waals surface area (Å²) in [6.07, 6.45) is 25.0. The molecular weight excluding hydrogens is 769 g/mol. The summed E-state index contributed by atoms with van der Waals surface area (Å²) in [5.41, 5.74) is 10.5. The average molecular weight is 839 g/mol. The van der Waals surface area contributed by atoms with Crippen LogP contribution in [0.25, 0.3) is 22.3 Å². The van der Waals surface area contributed by atoms with Crippen molar-refractivity contribution in [3.05, 3.63) is 168 Å². The van der Waals surface area contributed by atoms with Crippen LogP contribution in [-0.4, -0.2) is 0 Å². The van der Waals surface area contributed by atoms with Gasteiger partial charge in [-0.05, 0) is 203 Å². The predicted molar refractivity (Wildman–Crippen MR) is 263 cm³/mol. The largest absolute Gasteiger partial charge is 0.0842 e. The van der Waals surface area contributed by atoms with Gasteiger partial charge in [-0.3, -0.25) is 0 Å².